The van der Waals surface area contributed by atoms with Crippen LogP contribution in [0.3, 0.4) is 0 Å². The SMILES string of the molecule is COc1ccc(C(=O)N[C@@H](c2ccccc2)C2CCCC2)cc1. The molecule has 3 nitrogen and oxygen atoms in total. The summed E-state index contributed by atoms with van der Waals surface area (Å²) in [6.07, 6.45) is 4.88. The summed E-state index contributed by atoms with van der Waals surface area (Å²) in [4.78, 5) is 12.6. The summed E-state index contributed by atoms with van der Waals surface area (Å²) < 4.78 is 5.15. The van der Waals surface area contributed by atoms with Gasteiger partial charge in [0.25, 0.3) is 5.91 Å². The average Bonchev–Trinajstić information content (AvgIpc) is 3.14. The molecule has 1 fully saturated rings. The molecule has 0 radical (unpaired) electrons. The average molecular weight is 309 g/mol. The van der Waals surface area contributed by atoms with Crippen LogP contribution in [-0.4, -0.2) is 13.0 Å². The highest BCUT2D eigenvalue weighted by Gasteiger charge is 2.27. The maximum atomic E-state index is 12.6. The molecule has 120 valence electrons. The Kier molecular flexibility index (Phi) is 4.96. The Morgan fingerprint density at radius 1 is 1.04 bits per heavy atom. The second kappa shape index (κ2) is 7.32. The zero-order chi connectivity index (χ0) is 16.1. The molecule has 0 saturated heterocycles. The summed E-state index contributed by atoms with van der Waals surface area (Å²) in [7, 11) is 1.63. The van der Waals surface area contributed by atoms with Crippen molar-refractivity contribution >= 4 is 5.91 Å². The Labute approximate surface area is 137 Å². The number of rotatable bonds is 5. The highest BCUT2D eigenvalue weighted by Crippen LogP contribution is 2.35. The lowest BCUT2D eigenvalue weighted by atomic mass is 9.91. The predicted octanol–water partition coefficient (Wildman–Crippen LogP) is 4.36. The van der Waals surface area contributed by atoms with Gasteiger partial charge in [0.15, 0.2) is 0 Å². The van der Waals surface area contributed by atoms with E-state index in [0.717, 1.165) is 5.75 Å². The molecule has 2 aromatic carbocycles. The monoisotopic (exact) mass is 309 g/mol. The minimum absolute atomic E-state index is 0.0200. The molecule has 0 bridgehead atoms. The zero-order valence-electron chi connectivity index (χ0n) is 13.5. The minimum atomic E-state index is -0.0200. The lowest BCUT2D eigenvalue weighted by Gasteiger charge is -2.25. The Morgan fingerprint density at radius 3 is 2.30 bits per heavy atom. The first-order chi connectivity index (χ1) is 11.3. The molecule has 2 aromatic rings. The van der Waals surface area contributed by atoms with E-state index in [2.05, 4.69) is 17.4 Å². The molecule has 1 N–H and O–H groups in total. The molecule has 1 atom stereocenters. The largest absolute Gasteiger partial charge is 0.497 e. The first-order valence-electron chi connectivity index (χ1n) is 8.28. The molecule has 1 amide bonds. The number of hydrogen-bond acceptors (Lipinski definition) is 2. The normalized spacial score (nSPS) is 16.0. The molecule has 0 heterocycles. The third kappa shape index (κ3) is 3.73. The van der Waals surface area contributed by atoms with Gasteiger partial charge in [0, 0.05) is 5.56 Å². The van der Waals surface area contributed by atoms with Crippen molar-refractivity contribution in [2.75, 3.05) is 7.11 Å². The van der Waals surface area contributed by atoms with Gasteiger partial charge in [0.2, 0.25) is 0 Å². The number of carbonyl (C=O) groups is 1. The van der Waals surface area contributed by atoms with Crippen LogP contribution in [-0.2, 0) is 0 Å². The molecule has 0 aromatic heterocycles. The lowest BCUT2D eigenvalue weighted by molar-refractivity contribution is 0.0921. The first kappa shape index (κ1) is 15.6. The Balaban J connectivity index is 1.78. The number of nitrogens with one attached hydrogen (secondary N) is 1. The van der Waals surface area contributed by atoms with Crippen molar-refractivity contribution in [1.82, 2.24) is 5.32 Å². The number of hydrogen-bond donors (Lipinski definition) is 1. The quantitative estimate of drug-likeness (QED) is 0.891. The lowest BCUT2D eigenvalue weighted by Crippen LogP contribution is -2.32. The van der Waals surface area contributed by atoms with Crippen molar-refractivity contribution in [3.8, 4) is 5.75 Å². The van der Waals surface area contributed by atoms with E-state index >= 15 is 0 Å². The molecular formula is C20H23NO2. The molecule has 0 spiro atoms. The summed E-state index contributed by atoms with van der Waals surface area (Å²) in [6, 6.07) is 17.7. The van der Waals surface area contributed by atoms with Crippen molar-refractivity contribution in [1.29, 1.82) is 0 Å². The van der Waals surface area contributed by atoms with Crippen molar-refractivity contribution in [3.05, 3.63) is 65.7 Å². The molecule has 3 heteroatoms. The van der Waals surface area contributed by atoms with Crippen molar-refractivity contribution in [2.45, 2.75) is 31.7 Å². The van der Waals surface area contributed by atoms with E-state index < -0.39 is 0 Å². The highest BCUT2D eigenvalue weighted by atomic mass is 16.5. The van der Waals surface area contributed by atoms with Gasteiger partial charge in [0.05, 0.1) is 13.2 Å². The first-order valence-corrected chi connectivity index (χ1v) is 8.28. The Morgan fingerprint density at radius 2 is 1.70 bits per heavy atom. The smallest absolute Gasteiger partial charge is 0.251 e. The Hall–Kier alpha value is -2.29. The predicted molar refractivity (Wildman–Crippen MR) is 91.6 cm³/mol. The fraction of sp³-hybridized carbons (Fsp3) is 0.350. The number of ether oxygens (including phenoxy) is 1. The van der Waals surface area contributed by atoms with Gasteiger partial charge in [-0.25, -0.2) is 0 Å². The van der Waals surface area contributed by atoms with Gasteiger partial charge in [-0.2, -0.15) is 0 Å². The van der Waals surface area contributed by atoms with E-state index in [1.165, 1.54) is 31.2 Å². The van der Waals surface area contributed by atoms with Crippen molar-refractivity contribution in [3.63, 3.8) is 0 Å². The third-order valence-corrected chi connectivity index (χ3v) is 4.67. The zero-order valence-corrected chi connectivity index (χ0v) is 13.5. The van der Waals surface area contributed by atoms with E-state index in [-0.39, 0.29) is 11.9 Å². The van der Waals surface area contributed by atoms with Crippen LogP contribution in [0.15, 0.2) is 54.6 Å². The summed E-state index contributed by atoms with van der Waals surface area (Å²) >= 11 is 0. The molecule has 3 rings (SSSR count). The van der Waals surface area contributed by atoms with Crippen LogP contribution in [0.25, 0.3) is 0 Å². The summed E-state index contributed by atoms with van der Waals surface area (Å²) in [5.74, 6) is 1.27. The molecule has 1 aliphatic carbocycles. The second-order valence-electron chi connectivity index (χ2n) is 6.13. The van der Waals surface area contributed by atoms with Gasteiger partial charge in [-0.05, 0) is 48.6 Å². The molecule has 0 aliphatic heterocycles. The topological polar surface area (TPSA) is 38.3 Å². The van der Waals surface area contributed by atoms with Crippen LogP contribution >= 0.6 is 0 Å². The number of methoxy groups -OCH3 is 1. The number of benzene rings is 2. The van der Waals surface area contributed by atoms with Gasteiger partial charge in [0.1, 0.15) is 5.75 Å². The van der Waals surface area contributed by atoms with Crippen LogP contribution in [0, 0.1) is 5.92 Å². The van der Waals surface area contributed by atoms with Crippen LogP contribution in [0.5, 0.6) is 5.75 Å². The molecular weight excluding hydrogens is 286 g/mol. The molecule has 0 unspecified atom stereocenters. The fourth-order valence-electron chi connectivity index (χ4n) is 3.39. The van der Waals surface area contributed by atoms with Gasteiger partial charge in [-0.15, -0.1) is 0 Å². The minimum Gasteiger partial charge on any atom is -0.497 e. The van der Waals surface area contributed by atoms with E-state index in [9.17, 15) is 4.79 Å². The molecule has 1 aliphatic rings. The fourth-order valence-corrected chi connectivity index (χ4v) is 3.39. The van der Waals surface area contributed by atoms with Crippen LogP contribution in [0.4, 0.5) is 0 Å². The number of amides is 1. The third-order valence-electron chi connectivity index (χ3n) is 4.67. The molecule has 23 heavy (non-hydrogen) atoms. The summed E-state index contributed by atoms with van der Waals surface area (Å²) in [5.41, 5.74) is 1.87. The van der Waals surface area contributed by atoms with Crippen molar-refractivity contribution < 1.29 is 9.53 Å². The molecule has 1 saturated carbocycles. The van der Waals surface area contributed by atoms with E-state index in [1.54, 1.807) is 7.11 Å². The van der Waals surface area contributed by atoms with Gasteiger partial charge < -0.3 is 10.1 Å². The maximum absolute atomic E-state index is 12.6. The maximum Gasteiger partial charge on any atom is 0.251 e. The van der Waals surface area contributed by atoms with Crippen LogP contribution in [0.2, 0.25) is 0 Å². The highest BCUT2D eigenvalue weighted by molar-refractivity contribution is 5.94. The van der Waals surface area contributed by atoms with E-state index in [1.807, 2.05) is 42.5 Å². The van der Waals surface area contributed by atoms with E-state index in [4.69, 9.17) is 4.74 Å². The van der Waals surface area contributed by atoms with Gasteiger partial charge in [-0.3, -0.25) is 4.79 Å². The van der Waals surface area contributed by atoms with Crippen molar-refractivity contribution in [2.24, 2.45) is 5.92 Å². The summed E-state index contributed by atoms with van der Waals surface area (Å²) in [6.45, 7) is 0. The van der Waals surface area contributed by atoms with Gasteiger partial charge >= 0.3 is 0 Å². The van der Waals surface area contributed by atoms with Crippen LogP contribution in [0.1, 0.15) is 47.6 Å². The van der Waals surface area contributed by atoms with E-state index in [0.29, 0.717) is 11.5 Å². The standard InChI is InChI=1S/C20H23NO2/c1-23-18-13-11-17(12-14-18)20(22)21-19(16-9-5-6-10-16)15-7-3-2-4-8-15/h2-4,7-8,11-14,16,19H,5-6,9-10H2,1H3,(H,21,22)/t19-/m0/s1. The second-order valence-corrected chi connectivity index (χ2v) is 6.13. The summed E-state index contributed by atoms with van der Waals surface area (Å²) in [5, 5.41) is 3.25. The number of carbonyl (C=O) groups excluding carboxylic acids is 1. The van der Waals surface area contributed by atoms with Gasteiger partial charge in [-0.1, -0.05) is 43.2 Å². The van der Waals surface area contributed by atoms with Crippen LogP contribution < -0.4 is 10.1 Å². The Bertz CT molecular complexity index is 630.